The molecule has 0 amide bonds. The second-order valence-electron chi connectivity index (χ2n) is 12.5. The lowest BCUT2D eigenvalue weighted by Gasteiger charge is -2.29. The van der Waals surface area contributed by atoms with Crippen LogP contribution in [0.2, 0.25) is 0 Å². The molecule has 0 aromatic heterocycles. The van der Waals surface area contributed by atoms with Gasteiger partial charge in [0, 0.05) is 0 Å². The zero-order valence-electron chi connectivity index (χ0n) is 24.2. The van der Waals surface area contributed by atoms with E-state index in [1.165, 1.54) is 74.5 Å². The van der Waals surface area contributed by atoms with Gasteiger partial charge in [-0.1, -0.05) is 136 Å². The Hall–Kier alpha value is -1.56. The van der Waals surface area contributed by atoms with Crippen LogP contribution in [0, 0.1) is 16.7 Å². The molecular formula is C34H56. The van der Waals surface area contributed by atoms with E-state index in [-0.39, 0.29) is 0 Å². The Morgan fingerprint density at radius 3 is 2.12 bits per heavy atom. The van der Waals surface area contributed by atoms with Crippen molar-refractivity contribution in [1.29, 1.82) is 0 Å². The summed E-state index contributed by atoms with van der Waals surface area (Å²) in [5, 5.41) is 0. The molecule has 0 saturated heterocycles. The van der Waals surface area contributed by atoms with Crippen molar-refractivity contribution in [3.8, 4) is 0 Å². The van der Waals surface area contributed by atoms with Gasteiger partial charge in [-0.2, -0.15) is 0 Å². The van der Waals surface area contributed by atoms with Crippen LogP contribution in [-0.2, 0) is 0 Å². The average Bonchev–Trinajstić information content (AvgIpc) is 2.71. The third-order valence-electron chi connectivity index (χ3n) is 7.20. The van der Waals surface area contributed by atoms with E-state index in [9.17, 15) is 0 Å². The van der Waals surface area contributed by atoms with Gasteiger partial charge in [0.25, 0.3) is 0 Å². The maximum Gasteiger partial charge on any atom is -0.00699 e. The molecule has 0 aliphatic heterocycles. The largest absolute Gasteiger partial charge is 0.0918 e. The Kier molecular flexibility index (Phi) is 13.2. The van der Waals surface area contributed by atoms with E-state index in [4.69, 9.17) is 0 Å². The molecule has 0 saturated carbocycles. The second kappa shape index (κ2) is 14.8. The normalized spacial score (nSPS) is 18.7. The van der Waals surface area contributed by atoms with E-state index in [1.54, 1.807) is 5.57 Å². The van der Waals surface area contributed by atoms with Crippen LogP contribution in [0.5, 0.6) is 0 Å². The molecule has 0 fully saturated rings. The standard InChI is InChI=1S/C18H30.C16H26/c1-5-6-7-8-9-13-18(3,4)15-17-12-10-11-16(2)14-17;1-7-8-16(5,6)11-15-10-12(2)9-13(3)14(15)4/h10-11,14H,2,5-9,12-13,15H2,1,3-4H3;9-10,12H,4,7-8,11H2,1-3,5-6H3. The minimum Gasteiger partial charge on any atom is -0.0918 e. The summed E-state index contributed by atoms with van der Waals surface area (Å²) in [4.78, 5) is 0. The number of rotatable bonds is 12. The number of hydrogen-bond acceptors (Lipinski definition) is 0. The first-order valence-corrected chi connectivity index (χ1v) is 14.0. The van der Waals surface area contributed by atoms with E-state index in [2.05, 4.69) is 98.9 Å². The van der Waals surface area contributed by atoms with Crippen LogP contribution < -0.4 is 0 Å². The maximum absolute atomic E-state index is 4.22. The van der Waals surface area contributed by atoms with Crippen molar-refractivity contribution in [1.82, 2.24) is 0 Å². The Morgan fingerprint density at radius 1 is 0.853 bits per heavy atom. The molecule has 34 heavy (non-hydrogen) atoms. The van der Waals surface area contributed by atoms with Crippen LogP contribution in [0.15, 0.2) is 71.4 Å². The highest BCUT2D eigenvalue weighted by molar-refractivity contribution is 5.48. The quantitative estimate of drug-likeness (QED) is 0.252. The van der Waals surface area contributed by atoms with Crippen molar-refractivity contribution in [3.63, 3.8) is 0 Å². The highest BCUT2D eigenvalue weighted by Gasteiger charge is 2.22. The zero-order valence-corrected chi connectivity index (χ0v) is 24.2. The third-order valence-corrected chi connectivity index (χ3v) is 7.20. The Labute approximate surface area is 214 Å². The molecule has 0 bridgehead atoms. The summed E-state index contributed by atoms with van der Waals surface area (Å²) in [7, 11) is 0. The lowest BCUT2D eigenvalue weighted by molar-refractivity contribution is 0.314. The molecule has 0 nitrogen and oxygen atoms in total. The van der Waals surface area contributed by atoms with Gasteiger partial charge < -0.3 is 0 Å². The zero-order chi connectivity index (χ0) is 25.8. The van der Waals surface area contributed by atoms with Crippen molar-refractivity contribution in [3.05, 3.63) is 71.4 Å². The summed E-state index contributed by atoms with van der Waals surface area (Å²) in [6, 6.07) is 0. The van der Waals surface area contributed by atoms with Gasteiger partial charge in [-0.25, -0.2) is 0 Å². The second-order valence-corrected chi connectivity index (χ2v) is 12.5. The number of unbranched alkanes of at least 4 members (excludes halogenated alkanes) is 4. The molecule has 2 aliphatic carbocycles. The van der Waals surface area contributed by atoms with E-state index in [1.807, 2.05) is 0 Å². The molecule has 192 valence electrons. The molecular weight excluding hydrogens is 408 g/mol. The van der Waals surface area contributed by atoms with E-state index >= 15 is 0 Å². The number of allylic oxidation sites excluding steroid dienone is 10. The van der Waals surface area contributed by atoms with Gasteiger partial charge in [0.2, 0.25) is 0 Å². The highest BCUT2D eigenvalue weighted by atomic mass is 14.3. The van der Waals surface area contributed by atoms with Gasteiger partial charge in [-0.15, -0.1) is 0 Å². The van der Waals surface area contributed by atoms with E-state index in [0.29, 0.717) is 16.7 Å². The first kappa shape index (κ1) is 30.5. The van der Waals surface area contributed by atoms with Gasteiger partial charge >= 0.3 is 0 Å². The van der Waals surface area contributed by atoms with Crippen molar-refractivity contribution in [2.45, 2.75) is 126 Å². The molecule has 0 aromatic carbocycles. The van der Waals surface area contributed by atoms with E-state index < -0.39 is 0 Å². The molecule has 0 heteroatoms. The van der Waals surface area contributed by atoms with Crippen LogP contribution in [0.4, 0.5) is 0 Å². The molecule has 2 rings (SSSR count). The summed E-state index contributed by atoms with van der Waals surface area (Å²) in [6.07, 6.45) is 25.7. The molecule has 0 radical (unpaired) electrons. The first-order valence-electron chi connectivity index (χ1n) is 14.0. The highest BCUT2D eigenvalue weighted by Crippen LogP contribution is 2.37. The summed E-state index contributed by atoms with van der Waals surface area (Å²) < 4.78 is 0. The van der Waals surface area contributed by atoms with Crippen LogP contribution in [-0.4, -0.2) is 0 Å². The smallest absolute Gasteiger partial charge is 0.00699 e. The lowest BCUT2D eigenvalue weighted by atomic mass is 9.76. The van der Waals surface area contributed by atoms with Gasteiger partial charge in [-0.05, 0) is 78.1 Å². The molecule has 1 atom stereocenters. The minimum absolute atomic E-state index is 0.404. The van der Waals surface area contributed by atoms with Gasteiger partial charge in [0.15, 0.2) is 0 Å². The SMILES string of the molecule is C=C1C(C)=CC(C)C=C1CC(C)(C)CCC.C=C1C=CCC(CC(C)(C)CCCCCCC)=C1. The van der Waals surface area contributed by atoms with Gasteiger partial charge in [-0.3, -0.25) is 0 Å². The fraction of sp³-hybridized carbons (Fsp3) is 0.647. The Morgan fingerprint density at radius 2 is 1.50 bits per heavy atom. The van der Waals surface area contributed by atoms with Crippen molar-refractivity contribution < 1.29 is 0 Å². The Balaban J connectivity index is 0.000000342. The molecule has 0 heterocycles. The summed E-state index contributed by atoms with van der Waals surface area (Å²) in [5.41, 5.74) is 7.64. The van der Waals surface area contributed by atoms with Crippen LogP contribution in [0.25, 0.3) is 0 Å². The van der Waals surface area contributed by atoms with Gasteiger partial charge in [0.05, 0.1) is 0 Å². The molecule has 1 unspecified atom stereocenters. The van der Waals surface area contributed by atoms with Crippen molar-refractivity contribution >= 4 is 0 Å². The molecule has 0 N–H and O–H groups in total. The summed E-state index contributed by atoms with van der Waals surface area (Å²) in [6.45, 7) is 26.8. The topological polar surface area (TPSA) is 0 Å². The summed E-state index contributed by atoms with van der Waals surface area (Å²) >= 11 is 0. The fourth-order valence-electron chi connectivity index (χ4n) is 5.42. The monoisotopic (exact) mass is 464 g/mol. The lowest BCUT2D eigenvalue weighted by Crippen LogP contribution is -2.14. The van der Waals surface area contributed by atoms with E-state index in [0.717, 1.165) is 18.4 Å². The average molecular weight is 465 g/mol. The molecule has 0 spiro atoms. The first-order chi connectivity index (χ1) is 15.9. The molecule has 2 aliphatic rings. The minimum atomic E-state index is 0.404. The van der Waals surface area contributed by atoms with Gasteiger partial charge in [0.1, 0.15) is 0 Å². The maximum atomic E-state index is 4.22. The van der Waals surface area contributed by atoms with Crippen molar-refractivity contribution in [2.75, 3.05) is 0 Å². The van der Waals surface area contributed by atoms with Crippen LogP contribution >= 0.6 is 0 Å². The predicted octanol–water partition coefficient (Wildman–Crippen LogP) is 11.5. The summed E-state index contributed by atoms with van der Waals surface area (Å²) in [5.74, 6) is 0.568. The van der Waals surface area contributed by atoms with Crippen LogP contribution in [0.3, 0.4) is 0 Å². The number of hydrogen-bond donors (Lipinski definition) is 0. The third kappa shape index (κ3) is 12.2. The van der Waals surface area contributed by atoms with Crippen molar-refractivity contribution in [2.24, 2.45) is 16.7 Å². The fourth-order valence-corrected chi connectivity index (χ4v) is 5.42. The predicted molar refractivity (Wildman–Crippen MR) is 156 cm³/mol. The molecule has 0 aromatic rings. The Bertz CT molecular complexity index is 775. The van der Waals surface area contributed by atoms with Crippen LogP contribution in [0.1, 0.15) is 126 Å².